The van der Waals surface area contributed by atoms with Crippen LogP contribution in [0.3, 0.4) is 0 Å². The summed E-state index contributed by atoms with van der Waals surface area (Å²) in [5.41, 5.74) is 0.912. The molecule has 1 atom stereocenters. The minimum atomic E-state index is 0.811. The van der Waals surface area contributed by atoms with Gasteiger partial charge in [0.2, 0.25) is 0 Å². The number of thioether (sulfide) groups is 1. The van der Waals surface area contributed by atoms with E-state index in [4.69, 9.17) is 0 Å². The molecule has 106 valence electrons. The lowest BCUT2D eigenvalue weighted by Gasteiger charge is -2.38. The molecular formula is C14H19N5S. The van der Waals surface area contributed by atoms with Crippen LogP contribution in [0.4, 0.5) is 5.82 Å². The third-order valence-electron chi connectivity index (χ3n) is 4.30. The predicted octanol–water partition coefficient (Wildman–Crippen LogP) is 1.36. The van der Waals surface area contributed by atoms with Crippen LogP contribution in [-0.4, -0.2) is 63.2 Å². The number of hydrogen-bond donors (Lipinski definition) is 0. The first-order chi connectivity index (χ1) is 9.90. The van der Waals surface area contributed by atoms with E-state index in [0.717, 1.165) is 43.7 Å². The molecule has 0 unspecified atom stereocenters. The molecule has 2 aromatic rings. The largest absolute Gasteiger partial charge is 0.353 e. The van der Waals surface area contributed by atoms with Gasteiger partial charge in [-0.15, -0.1) is 5.10 Å². The van der Waals surface area contributed by atoms with Crippen molar-refractivity contribution < 1.29 is 0 Å². The summed E-state index contributed by atoms with van der Waals surface area (Å²) in [4.78, 5) is 9.29. The van der Waals surface area contributed by atoms with E-state index < -0.39 is 0 Å². The lowest BCUT2D eigenvalue weighted by molar-refractivity contribution is 0.200. The van der Waals surface area contributed by atoms with Crippen LogP contribution in [0.1, 0.15) is 6.42 Å². The quantitative estimate of drug-likeness (QED) is 0.834. The number of fused-ring (bicyclic) bond motifs is 1. The van der Waals surface area contributed by atoms with Gasteiger partial charge < -0.3 is 4.90 Å². The molecule has 2 saturated heterocycles. The normalized spacial score (nSPS) is 24.6. The van der Waals surface area contributed by atoms with Crippen LogP contribution in [0.15, 0.2) is 24.5 Å². The Balaban J connectivity index is 1.45. The molecule has 0 N–H and O–H groups in total. The predicted molar refractivity (Wildman–Crippen MR) is 82.5 cm³/mol. The van der Waals surface area contributed by atoms with Crippen molar-refractivity contribution in [2.45, 2.75) is 12.5 Å². The van der Waals surface area contributed by atoms with Gasteiger partial charge in [-0.05, 0) is 24.3 Å². The van der Waals surface area contributed by atoms with Gasteiger partial charge in [0.1, 0.15) is 5.82 Å². The zero-order valence-corrected chi connectivity index (χ0v) is 12.3. The lowest BCUT2D eigenvalue weighted by Crippen LogP contribution is -2.50. The minimum absolute atomic E-state index is 0.811. The first-order valence-electron chi connectivity index (χ1n) is 7.27. The minimum Gasteiger partial charge on any atom is -0.353 e. The SMILES string of the molecule is c1cn2nc(N3CCN([C@H]4CCSC4)CC3)ccc2n1. The van der Waals surface area contributed by atoms with Gasteiger partial charge in [0, 0.05) is 50.4 Å². The molecule has 2 aliphatic heterocycles. The van der Waals surface area contributed by atoms with Gasteiger partial charge in [-0.1, -0.05) is 0 Å². The van der Waals surface area contributed by atoms with E-state index in [1.54, 1.807) is 6.20 Å². The van der Waals surface area contributed by atoms with Gasteiger partial charge in [0.15, 0.2) is 5.65 Å². The van der Waals surface area contributed by atoms with Gasteiger partial charge in [0.05, 0.1) is 0 Å². The number of piperazine rings is 1. The summed E-state index contributed by atoms with van der Waals surface area (Å²) in [7, 11) is 0. The highest BCUT2D eigenvalue weighted by Gasteiger charge is 2.26. The fourth-order valence-electron chi connectivity index (χ4n) is 3.10. The number of nitrogens with zero attached hydrogens (tertiary/aromatic N) is 5. The van der Waals surface area contributed by atoms with Crippen molar-refractivity contribution in [3.63, 3.8) is 0 Å². The van der Waals surface area contributed by atoms with Gasteiger partial charge in [0.25, 0.3) is 0 Å². The lowest BCUT2D eigenvalue weighted by atomic mass is 10.2. The Labute approximate surface area is 123 Å². The third-order valence-corrected chi connectivity index (χ3v) is 5.45. The van der Waals surface area contributed by atoms with E-state index in [-0.39, 0.29) is 0 Å². The molecule has 0 saturated carbocycles. The number of imidazole rings is 1. The average Bonchev–Trinajstić information content (AvgIpc) is 3.18. The monoisotopic (exact) mass is 289 g/mol. The van der Waals surface area contributed by atoms with Gasteiger partial charge >= 0.3 is 0 Å². The molecule has 0 bridgehead atoms. The summed E-state index contributed by atoms with van der Waals surface area (Å²) in [5.74, 6) is 3.72. The second-order valence-corrected chi connectivity index (χ2v) is 6.61. The van der Waals surface area contributed by atoms with E-state index in [0.29, 0.717) is 0 Å². The maximum Gasteiger partial charge on any atom is 0.153 e. The van der Waals surface area contributed by atoms with E-state index >= 15 is 0 Å². The van der Waals surface area contributed by atoms with Crippen LogP contribution < -0.4 is 4.90 Å². The molecule has 0 amide bonds. The summed E-state index contributed by atoms with van der Waals surface area (Å²) in [6, 6.07) is 4.94. The Morgan fingerprint density at radius 1 is 1.15 bits per heavy atom. The zero-order valence-electron chi connectivity index (χ0n) is 11.5. The topological polar surface area (TPSA) is 36.7 Å². The van der Waals surface area contributed by atoms with Crippen molar-refractivity contribution in [1.82, 2.24) is 19.5 Å². The number of aromatic nitrogens is 3. The molecule has 4 heterocycles. The highest BCUT2D eigenvalue weighted by Crippen LogP contribution is 2.24. The third kappa shape index (κ3) is 2.27. The second-order valence-electron chi connectivity index (χ2n) is 5.46. The van der Waals surface area contributed by atoms with E-state index in [9.17, 15) is 0 Å². The van der Waals surface area contributed by atoms with Crippen LogP contribution in [0.25, 0.3) is 5.65 Å². The van der Waals surface area contributed by atoms with Gasteiger partial charge in [-0.25, -0.2) is 9.50 Å². The van der Waals surface area contributed by atoms with Crippen molar-refractivity contribution in [2.75, 3.05) is 42.6 Å². The van der Waals surface area contributed by atoms with E-state index in [1.165, 1.54) is 17.9 Å². The first-order valence-corrected chi connectivity index (χ1v) is 8.43. The molecular weight excluding hydrogens is 270 g/mol. The number of rotatable bonds is 2. The van der Waals surface area contributed by atoms with Crippen molar-refractivity contribution in [1.29, 1.82) is 0 Å². The first kappa shape index (κ1) is 12.5. The van der Waals surface area contributed by atoms with Crippen LogP contribution in [0.2, 0.25) is 0 Å². The summed E-state index contributed by atoms with van der Waals surface area (Å²) in [6.45, 7) is 4.48. The molecule has 5 nitrogen and oxygen atoms in total. The Morgan fingerprint density at radius 3 is 2.85 bits per heavy atom. The Morgan fingerprint density at radius 2 is 2.05 bits per heavy atom. The zero-order chi connectivity index (χ0) is 13.4. The summed E-state index contributed by atoms with van der Waals surface area (Å²) >= 11 is 2.10. The second kappa shape index (κ2) is 5.26. The molecule has 0 aromatic carbocycles. The summed E-state index contributed by atoms with van der Waals surface area (Å²) < 4.78 is 1.86. The molecule has 2 fully saturated rings. The van der Waals surface area contributed by atoms with Crippen LogP contribution in [0.5, 0.6) is 0 Å². The summed E-state index contributed by atoms with van der Waals surface area (Å²) in [5, 5.41) is 4.64. The van der Waals surface area contributed by atoms with Crippen LogP contribution in [0, 0.1) is 0 Å². The highest BCUT2D eigenvalue weighted by atomic mass is 32.2. The molecule has 0 aliphatic carbocycles. The molecule has 0 radical (unpaired) electrons. The van der Waals surface area contributed by atoms with Crippen LogP contribution in [-0.2, 0) is 0 Å². The molecule has 20 heavy (non-hydrogen) atoms. The molecule has 0 spiro atoms. The number of hydrogen-bond acceptors (Lipinski definition) is 5. The molecule has 6 heteroatoms. The molecule has 2 aliphatic rings. The fraction of sp³-hybridized carbons (Fsp3) is 0.571. The van der Waals surface area contributed by atoms with E-state index in [1.807, 2.05) is 16.8 Å². The maximum atomic E-state index is 4.64. The van der Waals surface area contributed by atoms with Crippen LogP contribution >= 0.6 is 11.8 Å². The van der Waals surface area contributed by atoms with Crippen molar-refractivity contribution >= 4 is 23.2 Å². The number of anilines is 1. The van der Waals surface area contributed by atoms with Gasteiger partial charge in [-0.2, -0.15) is 11.8 Å². The van der Waals surface area contributed by atoms with Gasteiger partial charge in [-0.3, -0.25) is 4.90 Å². The van der Waals surface area contributed by atoms with E-state index in [2.05, 4.69) is 37.7 Å². The Kier molecular flexibility index (Phi) is 3.28. The smallest absolute Gasteiger partial charge is 0.153 e. The van der Waals surface area contributed by atoms with Crippen molar-refractivity contribution in [3.05, 3.63) is 24.5 Å². The standard InChI is InChI=1S/C14H19N5S/c1-2-14(16-19-5-4-15-13(1)19)18-8-6-17(7-9-18)12-3-10-20-11-12/h1-2,4-5,12H,3,6-11H2/t12-/m0/s1. The fourth-order valence-corrected chi connectivity index (χ4v) is 4.35. The molecule has 4 rings (SSSR count). The average molecular weight is 289 g/mol. The Bertz CT molecular complexity index is 584. The Hall–Kier alpha value is -1.27. The highest BCUT2D eigenvalue weighted by molar-refractivity contribution is 7.99. The summed E-state index contributed by atoms with van der Waals surface area (Å²) in [6.07, 6.45) is 5.07. The van der Waals surface area contributed by atoms with Crippen molar-refractivity contribution in [2.24, 2.45) is 0 Å². The van der Waals surface area contributed by atoms with Crippen molar-refractivity contribution in [3.8, 4) is 0 Å². The maximum absolute atomic E-state index is 4.64. The molecule has 2 aromatic heterocycles.